The molecule has 0 radical (unpaired) electrons. The number of benzene rings is 1. The van der Waals surface area contributed by atoms with Crippen LogP contribution in [0.2, 0.25) is 0 Å². The van der Waals surface area contributed by atoms with Crippen molar-refractivity contribution in [3.8, 4) is 16.3 Å². The molecular formula is C17H24N2OS. The molecule has 114 valence electrons. The highest BCUT2D eigenvalue weighted by Gasteiger charge is 2.02. The van der Waals surface area contributed by atoms with Gasteiger partial charge < -0.3 is 10.1 Å². The van der Waals surface area contributed by atoms with Gasteiger partial charge in [0.25, 0.3) is 0 Å². The van der Waals surface area contributed by atoms with Crippen LogP contribution in [0.25, 0.3) is 10.6 Å². The molecule has 0 saturated carbocycles. The monoisotopic (exact) mass is 304 g/mol. The SMILES string of the molecule is Cc1csc(-c2ccc(OCCNCCC(C)C)cc2)n1. The van der Waals surface area contributed by atoms with Gasteiger partial charge in [-0.05, 0) is 50.1 Å². The number of rotatable bonds is 8. The van der Waals surface area contributed by atoms with Crippen molar-refractivity contribution in [3.05, 3.63) is 35.3 Å². The summed E-state index contributed by atoms with van der Waals surface area (Å²) < 4.78 is 5.73. The lowest BCUT2D eigenvalue weighted by molar-refractivity contribution is 0.312. The third kappa shape index (κ3) is 5.48. The van der Waals surface area contributed by atoms with Crippen molar-refractivity contribution < 1.29 is 4.74 Å². The van der Waals surface area contributed by atoms with Gasteiger partial charge in [-0.1, -0.05) is 13.8 Å². The largest absolute Gasteiger partial charge is 0.492 e. The second-order valence-electron chi connectivity index (χ2n) is 5.60. The standard InChI is InChI=1S/C17H24N2OS/c1-13(2)8-9-18-10-11-20-16-6-4-15(5-7-16)17-19-14(3)12-21-17/h4-7,12-13,18H,8-11H2,1-3H3. The number of aromatic nitrogens is 1. The average molecular weight is 304 g/mol. The van der Waals surface area contributed by atoms with Gasteiger partial charge in [-0.15, -0.1) is 11.3 Å². The van der Waals surface area contributed by atoms with Crippen LogP contribution in [0.4, 0.5) is 0 Å². The van der Waals surface area contributed by atoms with Crippen molar-refractivity contribution in [1.82, 2.24) is 10.3 Å². The zero-order valence-corrected chi connectivity index (χ0v) is 13.9. The highest BCUT2D eigenvalue weighted by atomic mass is 32.1. The Labute approximate surface area is 131 Å². The van der Waals surface area contributed by atoms with Gasteiger partial charge in [0.1, 0.15) is 17.4 Å². The predicted molar refractivity (Wildman–Crippen MR) is 90.1 cm³/mol. The van der Waals surface area contributed by atoms with Crippen LogP contribution in [-0.2, 0) is 0 Å². The van der Waals surface area contributed by atoms with Crippen LogP contribution in [0, 0.1) is 12.8 Å². The number of thiazole rings is 1. The molecule has 0 fully saturated rings. The van der Waals surface area contributed by atoms with E-state index in [0.29, 0.717) is 6.61 Å². The van der Waals surface area contributed by atoms with Crippen LogP contribution >= 0.6 is 11.3 Å². The van der Waals surface area contributed by atoms with Gasteiger partial charge in [-0.3, -0.25) is 0 Å². The first-order valence-electron chi connectivity index (χ1n) is 7.51. The Morgan fingerprint density at radius 2 is 1.95 bits per heavy atom. The van der Waals surface area contributed by atoms with Crippen molar-refractivity contribution in [1.29, 1.82) is 0 Å². The predicted octanol–water partition coefficient (Wildman–Crippen LogP) is 4.13. The van der Waals surface area contributed by atoms with Crippen molar-refractivity contribution in [2.45, 2.75) is 27.2 Å². The fourth-order valence-corrected chi connectivity index (χ4v) is 2.74. The van der Waals surface area contributed by atoms with E-state index in [2.05, 4.69) is 41.7 Å². The Balaban J connectivity index is 1.73. The maximum absolute atomic E-state index is 5.73. The summed E-state index contributed by atoms with van der Waals surface area (Å²) in [7, 11) is 0. The third-order valence-electron chi connectivity index (χ3n) is 3.17. The summed E-state index contributed by atoms with van der Waals surface area (Å²) in [6.07, 6.45) is 1.21. The summed E-state index contributed by atoms with van der Waals surface area (Å²) in [5.41, 5.74) is 2.22. The van der Waals surface area contributed by atoms with Gasteiger partial charge in [-0.25, -0.2) is 4.98 Å². The first-order valence-corrected chi connectivity index (χ1v) is 8.39. The molecule has 0 atom stereocenters. The zero-order chi connectivity index (χ0) is 15.1. The molecule has 0 spiro atoms. The number of nitrogens with one attached hydrogen (secondary N) is 1. The van der Waals surface area contributed by atoms with Crippen LogP contribution < -0.4 is 10.1 Å². The normalized spacial score (nSPS) is 11.0. The number of nitrogens with zero attached hydrogens (tertiary/aromatic N) is 1. The highest BCUT2D eigenvalue weighted by Crippen LogP contribution is 2.25. The lowest BCUT2D eigenvalue weighted by Crippen LogP contribution is -2.22. The van der Waals surface area contributed by atoms with Crippen molar-refractivity contribution in [2.24, 2.45) is 5.92 Å². The van der Waals surface area contributed by atoms with Gasteiger partial charge in [0, 0.05) is 23.2 Å². The Bertz CT molecular complexity index is 534. The molecule has 4 heteroatoms. The molecular weight excluding hydrogens is 280 g/mol. The Kier molecular flexibility index (Phi) is 6.21. The molecule has 1 aromatic carbocycles. The molecule has 1 heterocycles. The van der Waals surface area contributed by atoms with E-state index in [0.717, 1.165) is 41.0 Å². The van der Waals surface area contributed by atoms with Gasteiger partial charge in [-0.2, -0.15) is 0 Å². The number of hydrogen-bond donors (Lipinski definition) is 1. The van der Waals surface area contributed by atoms with Gasteiger partial charge in [0.05, 0.1) is 0 Å². The highest BCUT2D eigenvalue weighted by molar-refractivity contribution is 7.13. The van der Waals surface area contributed by atoms with Crippen molar-refractivity contribution in [3.63, 3.8) is 0 Å². The Morgan fingerprint density at radius 3 is 2.57 bits per heavy atom. The van der Waals surface area contributed by atoms with Gasteiger partial charge in [0.2, 0.25) is 0 Å². The fourth-order valence-electron chi connectivity index (χ4n) is 1.94. The van der Waals surface area contributed by atoms with Crippen LogP contribution in [-0.4, -0.2) is 24.7 Å². The fraction of sp³-hybridized carbons (Fsp3) is 0.471. The maximum atomic E-state index is 5.73. The minimum Gasteiger partial charge on any atom is -0.492 e. The summed E-state index contributed by atoms with van der Waals surface area (Å²) >= 11 is 1.68. The number of hydrogen-bond acceptors (Lipinski definition) is 4. The minimum absolute atomic E-state index is 0.702. The molecule has 1 aromatic heterocycles. The van der Waals surface area contributed by atoms with E-state index in [4.69, 9.17) is 4.74 Å². The van der Waals surface area contributed by atoms with Gasteiger partial charge in [0.15, 0.2) is 0 Å². The molecule has 0 unspecified atom stereocenters. The molecule has 0 amide bonds. The molecule has 0 aliphatic rings. The van der Waals surface area contributed by atoms with E-state index >= 15 is 0 Å². The second-order valence-corrected chi connectivity index (χ2v) is 6.46. The maximum Gasteiger partial charge on any atom is 0.123 e. The van der Waals surface area contributed by atoms with Crippen LogP contribution in [0.3, 0.4) is 0 Å². The Morgan fingerprint density at radius 1 is 1.19 bits per heavy atom. The smallest absolute Gasteiger partial charge is 0.123 e. The van der Waals surface area contributed by atoms with E-state index in [1.54, 1.807) is 11.3 Å². The van der Waals surface area contributed by atoms with Crippen molar-refractivity contribution in [2.75, 3.05) is 19.7 Å². The number of ether oxygens (including phenoxy) is 1. The van der Waals surface area contributed by atoms with E-state index < -0.39 is 0 Å². The molecule has 1 N–H and O–H groups in total. The third-order valence-corrected chi connectivity index (χ3v) is 4.18. The molecule has 0 aliphatic heterocycles. The summed E-state index contributed by atoms with van der Waals surface area (Å²) in [6.45, 7) is 9.15. The summed E-state index contributed by atoms with van der Waals surface area (Å²) in [5.74, 6) is 1.66. The molecule has 0 aliphatic carbocycles. The quantitative estimate of drug-likeness (QED) is 0.745. The summed E-state index contributed by atoms with van der Waals surface area (Å²) in [6, 6.07) is 8.17. The first kappa shape index (κ1) is 16.0. The lowest BCUT2D eigenvalue weighted by Gasteiger charge is -2.09. The average Bonchev–Trinajstić information content (AvgIpc) is 2.90. The molecule has 0 bridgehead atoms. The number of aryl methyl sites for hydroxylation is 1. The van der Waals surface area contributed by atoms with E-state index in [-0.39, 0.29) is 0 Å². The first-order chi connectivity index (χ1) is 10.1. The van der Waals surface area contributed by atoms with E-state index in [1.807, 2.05) is 19.1 Å². The molecule has 3 nitrogen and oxygen atoms in total. The van der Waals surface area contributed by atoms with Crippen molar-refractivity contribution >= 4 is 11.3 Å². The lowest BCUT2D eigenvalue weighted by atomic mass is 10.1. The molecule has 2 rings (SSSR count). The molecule has 2 aromatic rings. The van der Waals surface area contributed by atoms with E-state index in [9.17, 15) is 0 Å². The molecule has 21 heavy (non-hydrogen) atoms. The minimum atomic E-state index is 0.702. The van der Waals surface area contributed by atoms with E-state index in [1.165, 1.54) is 6.42 Å². The van der Waals surface area contributed by atoms with Crippen LogP contribution in [0.15, 0.2) is 29.6 Å². The van der Waals surface area contributed by atoms with Crippen LogP contribution in [0.5, 0.6) is 5.75 Å². The second kappa shape index (κ2) is 8.15. The van der Waals surface area contributed by atoms with Gasteiger partial charge >= 0.3 is 0 Å². The summed E-state index contributed by atoms with van der Waals surface area (Å²) in [4.78, 5) is 4.49. The molecule has 0 saturated heterocycles. The zero-order valence-electron chi connectivity index (χ0n) is 13.1. The van der Waals surface area contributed by atoms with Crippen LogP contribution in [0.1, 0.15) is 26.0 Å². The Hall–Kier alpha value is -1.39. The topological polar surface area (TPSA) is 34.1 Å². The summed E-state index contributed by atoms with van der Waals surface area (Å²) in [5, 5.41) is 6.53.